The molecule has 0 aromatic heterocycles. The predicted octanol–water partition coefficient (Wildman–Crippen LogP) is 2.02. The third kappa shape index (κ3) is 4.44. The summed E-state index contributed by atoms with van der Waals surface area (Å²) in [6.07, 6.45) is 2.39. The van der Waals surface area contributed by atoms with Crippen molar-refractivity contribution in [3.05, 3.63) is 35.6 Å². The number of benzene rings is 1. The molecule has 0 atom stereocenters. The Morgan fingerprint density at radius 3 is 2.43 bits per heavy atom. The van der Waals surface area contributed by atoms with Crippen LogP contribution in [0.2, 0.25) is 0 Å². The molecule has 3 N–H and O–H groups in total. The van der Waals surface area contributed by atoms with Gasteiger partial charge in [-0.3, -0.25) is 4.79 Å². The molecule has 2 amide bonds. The molecule has 1 fully saturated rings. The second-order valence-electron chi connectivity index (χ2n) is 5.39. The number of carbonyl (C=O) groups excluding carboxylic acids is 1. The van der Waals surface area contributed by atoms with E-state index in [2.05, 4.69) is 10.6 Å². The van der Waals surface area contributed by atoms with E-state index in [4.69, 9.17) is 5.11 Å². The first kappa shape index (κ1) is 15.3. The van der Waals surface area contributed by atoms with Gasteiger partial charge in [-0.05, 0) is 37.0 Å². The first-order valence-electron chi connectivity index (χ1n) is 7.01. The number of urea groups is 1. The van der Waals surface area contributed by atoms with Gasteiger partial charge in [-0.25, -0.2) is 9.18 Å². The van der Waals surface area contributed by atoms with Crippen LogP contribution in [0.5, 0.6) is 0 Å². The van der Waals surface area contributed by atoms with Crippen molar-refractivity contribution in [2.75, 3.05) is 13.1 Å². The van der Waals surface area contributed by atoms with E-state index in [9.17, 15) is 14.0 Å². The van der Waals surface area contributed by atoms with Gasteiger partial charge in [-0.15, -0.1) is 0 Å². The minimum atomic E-state index is -0.870. The minimum Gasteiger partial charge on any atom is -0.481 e. The lowest BCUT2D eigenvalue weighted by molar-refractivity contribution is -0.137. The Labute approximate surface area is 122 Å². The largest absolute Gasteiger partial charge is 0.481 e. The third-order valence-electron chi connectivity index (χ3n) is 3.75. The molecule has 1 aliphatic carbocycles. The van der Waals surface area contributed by atoms with Crippen LogP contribution < -0.4 is 10.6 Å². The van der Waals surface area contributed by atoms with Crippen LogP contribution in [0.15, 0.2) is 24.3 Å². The molecule has 1 aromatic rings. The summed E-state index contributed by atoms with van der Waals surface area (Å²) in [6, 6.07) is 6.08. The Balaban J connectivity index is 1.73. The molecule has 1 saturated carbocycles. The number of carboxylic acid groups (broad SMARTS) is 1. The molecular formula is C15H19FN2O3. The molecule has 0 bridgehead atoms. The number of hydrogen-bond donors (Lipinski definition) is 3. The van der Waals surface area contributed by atoms with Gasteiger partial charge in [0, 0.05) is 24.9 Å². The van der Waals surface area contributed by atoms with Gasteiger partial charge < -0.3 is 15.7 Å². The van der Waals surface area contributed by atoms with Crippen LogP contribution >= 0.6 is 0 Å². The molecule has 0 unspecified atom stereocenters. The number of hydrogen-bond acceptors (Lipinski definition) is 2. The van der Waals surface area contributed by atoms with Gasteiger partial charge in [0.25, 0.3) is 0 Å². The summed E-state index contributed by atoms with van der Waals surface area (Å²) < 4.78 is 12.9. The summed E-state index contributed by atoms with van der Waals surface area (Å²) in [7, 11) is 0. The van der Waals surface area contributed by atoms with Crippen LogP contribution in [0.25, 0.3) is 0 Å². The molecule has 114 valence electrons. The lowest BCUT2D eigenvalue weighted by Crippen LogP contribution is -2.40. The number of rotatable bonds is 7. The van der Waals surface area contributed by atoms with E-state index < -0.39 is 5.97 Å². The second-order valence-corrected chi connectivity index (χ2v) is 5.39. The minimum absolute atomic E-state index is 0.0415. The van der Waals surface area contributed by atoms with Gasteiger partial charge in [-0.2, -0.15) is 0 Å². The van der Waals surface area contributed by atoms with Crippen LogP contribution in [0.3, 0.4) is 0 Å². The zero-order valence-corrected chi connectivity index (χ0v) is 11.7. The maximum absolute atomic E-state index is 12.9. The average Bonchev–Trinajstić information content (AvgIpc) is 3.23. The SMILES string of the molecule is O=C(O)CCCNC(=O)NCC1(c2ccc(F)cc2)CC1. The summed E-state index contributed by atoms with van der Waals surface area (Å²) in [5, 5.41) is 13.9. The van der Waals surface area contributed by atoms with E-state index in [1.54, 1.807) is 12.1 Å². The Morgan fingerprint density at radius 1 is 1.19 bits per heavy atom. The van der Waals surface area contributed by atoms with Crippen molar-refractivity contribution in [3.63, 3.8) is 0 Å². The number of aliphatic carboxylic acids is 1. The smallest absolute Gasteiger partial charge is 0.314 e. The molecule has 5 nitrogen and oxygen atoms in total. The molecule has 6 heteroatoms. The molecule has 2 rings (SSSR count). The lowest BCUT2D eigenvalue weighted by Gasteiger charge is -2.17. The molecule has 0 spiro atoms. The average molecular weight is 294 g/mol. The number of carbonyl (C=O) groups is 2. The fourth-order valence-corrected chi connectivity index (χ4v) is 2.28. The molecule has 0 radical (unpaired) electrons. The van der Waals surface area contributed by atoms with Crippen molar-refractivity contribution < 1.29 is 19.1 Å². The Kier molecular flexibility index (Phi) is 4.77. The summed E-state index contributed by atoms with van der Waals surface area (Å²) in [6.45, 7) is 0.838. The molecule has 0 saturated heterocycles. The van der Waals surface area contributed by atoms with Gasteiger partial charge in [0.15, 0.2) is 0 Å². The van der Waals surface area contributed by atoms with Crippen LogP contribution in [0.4, 0.5) is 9.18 Å². The molecule has 1 aromatic carbocycles. The summed E-state index contributed by atoms with van der Waals surface area (Å²) in [5.74, 6) is -1.14. The highest BCUT2D eigenvalue weighted by Crippen LogP contribution is 2.47. The highest BCUT2D eigenvalue weighted by atomic mass is 19.1. The normalized spacial score (nSPS) is 15.3. The van der Waals surface area contributed by atoms with Crippen molar-refractivity contribution in [1.82, 2.24) is 10.6 Å². The number of amides is 2. The fraction of sp³-hybridized carbons (Fsp3) is 0.467. The van der Waals surface area contributed by atoms with E-state index in [0.717, 1.165) is 18.4 Å². The summed E-state index contributed by atoms with van der Waals surface area (Å²) in [5.41, 5.74) is 0.960. The number of nitrogens with one attached hydrogen (secondary N) is 2. The van der Waals surface area contributed by atoms with E-state index in [1.165, 1.54) is 12.1 Å². The Morgan fingerprint density at radius 2 is 1.86 bits per heavy atom. The van der Waals surface area contributed by atoms with Crippen molar-refractivity contribution in [2.24, 2.45) is 0 Å². The van der Waals surface area contributed by atoms with Gasteiger partial charge in [-0.1, -0.05) is 12.1 Å². The van der Waals surface area contributed by atoms with Crippen molar-refractivity contribution in [1.29, 1.82) is 0 Å². The van der Waals surface area contributed by atoms with Crippen LogP contribution in [-0.2, 0) is 10.2 Å². The molecule has 21 heavy (non-hydrogen) atoms. The third-order valence-corrected chi connectivity index (χ3v) is 3.75. The zero-order valence-electron chi connectivity index (χ0n) is 11.7. The summed E-state index contributed by atoms with van der Waals surface area (Å²) >= 11 is 0. The Hall–Kier alpha value is -2.11. The second kappa shape index (κ2) is 6.56. The maximum atomic E-state index is 12.9. The van der Waals surface area contributed by atoms with Gasteiger partial charge in [0.05, 0.1) is 0 Å². The van der Waals surface area contributed by atoms with E-state index in [0.29, 0.717) is 19.5 Å². The van der Waals surface area contributed by atoms with Crippen molar-refractivity contribution in [2.45, 2.75) is 31.1 Å². The first-order valence-corrected chi connectivity index (χ1v) is 7.01. The molecular weight excluding hydrogens is 275 g/mol. The standard InChI is InChI=1S/C15H19FN2O3/c16-12-5-3-11(4-6-12)15(7-8-15)10-18-14(21)17-9-1-2-13(19)20/h3-6H,1-2,7-10H2,(H,19,20)(H2,17,18,21). The van der Waals surface area contributed by atoms with Crippen molar-refractivity contribution in [3.8, 4) is 0 Å². The van der Waals surface area contributed by atoms with Crippen LogP contribution in [-0.4, -0.2) is 30.2 Å². The van der Waals surface area contributed by atoms with Crippen LogP contribution in [0.1, 0.15) is 31.2 Å². The predicted molar refractivity (Wildman–Crippen MR) is 75.6 cm³/mol. The monoisotopic (exact) mass is 294 g/mol. The van der Waals surface area contributed by atoms with E-state index >= 15 is 0 Å². The number of halogens is 1. The molecule has 0 aliphatic heterocycles. The topological polar surface area (TPSA) is 78.4 Å². The molecule has 1 aliphatic rings. The van der Waals surface area contributed by atoms with Crippen molar-refractivity contribution >= 4 is 12.0 Å². The first-order chi connectivity index (χ1) is 10.0. The Bertz CT molecular complexity index is 512. The van der Waals surface area contributed by atoms with E-state index in [-0.39, 0.29) is 23.7 Å². The van der Waals surface area contributed by atoms with Crippen LogP contribution in [0, 0.1) is 5.82 Å². The quantitative estimate of drug-likeness (QED) is 0.673. The molecule has 0 heterocycles. The zero-order chi connectivity index (χ0) is 15.3. The van der Waals surface area contributed by atoms with E-state index in [1.807, 2.05) is 0 Å². The lowest BCUT2D eigenvalue weighted by atomic mass is 9.96. The highest BCUT2D eigenvalue weighted by Gasteiger charge is 2.44. The summed E-state index contributed by atoms with van der Waals surface area (Å²) in [4.78, 5) is 22.0. The van der Waals surface area contributed by atoms with Gasteiger partial charge >= 0.3 is 12.0 Å². The van der Waals surface area contributed by atoms with Gasteiger partial charge in [0.2, 0.25) is 0 Å². The van der Waals surface area contributed by atoms with Gasteiger partial charge in [0.1, 0.15) is 5.82 Å². The highest BCUT2D eigenvalue weighted by molar-refractivity contribution is 5.74. The number of carboxylic acids is 1. The fourth-order valence-electron chi connectivity index (χ4n) is 2.28. The maximum Gasteiger partial charge on any atom is 0.314 e.